The minimum atomic E-state index is 0. The van der Waals surface area contributed by atoms with Crippen molar-refractivity contribution in [3.05, 3.63) is 22.0 Å². The largest absolute Gasteiger partial charge is 0.147 e. The molecule has 0 bridgehead atoms. The van der Waals surface area contributed by atoms with Crippen LogP contribution in [0.3, 0.4) is 0 Å². The molecule has 0 unspecified atom stereocenters. The van der Waals surface area contributed by atoms with Crippen molar-refractivity contribution < 1.29 is 17.4 Å². The van der Waals surface area contributed by atoms with Gasteiger partial charge in [-0.2, -0.15) is 0 Å². The Hall–Kier alpha value is 0.934. The number of rotatable bonds is 0. The van der Waals surface area contributed by atoms with Crippen molar-refractivity contribution in [2.75, 3.05) is 0 Å². The number of allylic oxidation sites excluding steroid dienone is 4. The molecule has 1 rings (SSSR count). The fraction of sp³-hybridized carbons (Fsp3) is 0.556. The second-order valence-electron chi connectivity index (χ2n) is 3.72. The van der Waals surface area contributed by atoms with Crippen LogP contribution in [-0.4, -0.2) is 0 Å². The van der Waals surface area contributed by atoms with Crippen LogP contribution < -0.4 is 0 Å². The van der Waals surface area contributed by atoms with Crippen LogP contribution in [0, 0.1) is 5.41 Å². The molecule has 13 heavy (non-hydrogen) atoms. The summed E-state index contributed by atoms with van der Waals surface area (Å²) in [6.07, 6.45) is 5.61. The van der Waals surface area contributed by atoms with Crippen molar-refractivity contribution >= 4 is 37.2 Å². The van der Waals surface area contributed by atoms with Gasteiger partial charge in [-0.15, -0.1) is 37.2 Å². The van der Waals surface area contributed by atoms with E-state index in [1.54, 1.807) is 0 Å². The van der Waals surface area contributed by atoms with Gasteiger partial charge in [0.1, 0.15) is 0 Å². The fourth-order valence-corrected chi connectivity index (χ4v) is 1.98. The zero-order valence-electron chi connectivity index (χ0n) is 8.03. The molecule has 4 heteroatoms. The first kappa shape index (κ1) is 19.5. The predicted octanol–water partition coefficient (Wildman–Crippen LogP) is 4.06. The molecule has 0 saturated heterocycles. The summed E-state index contributed by atoms with van der Waals surface area (Å²) in [5, 5.41) is 0. The van der Waals surface area contributed by atoms with E-state index in [9.17, 15) is 0 Å². The summed E-state index contributed by atoms with van der Waals surface area (Å²) in [6, 6.07) is 0. The SMILES string of the molecule is CC(C)(C)C1=[C]([V])CC=C1.Cl.Cl.Cl. The third-order valence-corrected chi connectivity index (χ3v) is 2.38. The van der Waals surface area contributed by atoms with Gasteiger partial charge >= 0.3 is 72.0 Å². The zero-order valence-corrected chi connectivity index (χ0v) is 11.9. The maximum absolute atomic E-state index is 2.67. The molecule has 0 aromatic heterocycles. The molecular formula is C9H16Cl3V. The van der Waals surface area contributed by atoms with Gasteiger partial charge in [-0.1, -0.05) is 0 Å². The number of hydrogen-bond acceptors (Lipinski definition) is 0. The molecule has 0 amide bonds. The summed E-state index contributed by atoms with van der Waals surface area (Å²) in [5.41, 5.74) is 1.82. The smallest absolute Gasteiger partial charge is 0.147 e. The molecule has 78 valence electrons. The Morgan fingerprint density at radius 2 is 1.62 bits per heavy atom. The summed E-state index contributed by atoms with van der Waals surface area (Å²) in [7, 11) is 0. The molecule has 0 aromatic carbocycles. The van der Waals surface area contributed by atoms with Gasteiger partial charge < -0.3 is 0 Å². The van der Waals surface area contributed by atoms with Gasteiger partial charge in [-0.25, -0.2) is 0 Å². The molecule has 0 fully saturated rings. The molecule has 0 radical (unpaired) electrons. The molecule has 1 aliphatic carbocycles. The second-order valence-corrected chi connectivity index (χ2v) is 4.56. The average molecular weight is 282 g/mol. The van der Waals surface area contributed by atoms with Gasteiger partial charge in [-0.05, 0) is 0 Å². The Kier molecular flexibility index (Phi) is 10.9. The van der Waals surface area contributed by atoms with Crippen molar-refractivity contribution in [2.45, 2.75) is 27.2 Å². The van der Waals surface area contributed by atoms with Gasteiger partial charge in [0.25, 0.3) is 0 Å². The number of halogens is 3. The van der Waals surface area contributed by atoms with E-state index in [2.05, 4.69) is 50.3 Å². The maximum atomic E-state index is 2.67. The Labute approximate surface area is 109 Å². The van der Waals surface area contributed by atoms with E-state index >= 15 is 0 Å². The molecule has 0 aromatic rings. The Morgan fingerprint density at radius 1 is 1.15 bits per heavy atom. The van der Waals surface area contributed by atoms with Gasteiger partial charge in [0.05, 0.1) is 0 Å². The van der Waals surface area contributed by atoms with Crippen LogP contribution in [0.2, 0.25) is 0 Å². The first-order chi connectivity index (χ1) is 4.52. The van der Waals surface area contributed by atoms with Crippen molar-refractivity contribution in [2.24, 2.45) is 5.41 Å². The van der Waals surface area contributed by atoms with E-state index in [1.165, 1.54) is 9.86 Å². The molecule has 1 aliphatic rings. The van der Waals surface area contributed by atoms with Crippen LogP contribution in [-0.2, 0) is 17.4 Å². The van der Waals surface area contributed by atoms with Crippen LogP contribution in [0.1, 0.15) is 27.2 Å². The third kappa shape index (κ3) is 5.39. The Balaban J connectivity index is -0.000000333. The van der Waals surface area contributed by atoms with E-state index < -0.39 is 0 Å². The average Bonchev–Trinajstić information content (AvgIpc) is 2.11. The second kappa shape index (κ2) is 7.26. The fourth-order valence-electron chi connectivity index (χ4n) is 1.18. The van der Waals surface area contributed by atoms with Crippen molar-refractivity contribution in [3.8, 4) is 0 Å². The van der Waals surface area contributed by atoms with Crippen LogP contribution in [0.4, 0.5) is 0 Å². The molecule has 0 saturated carbocycles. The predicted molar refractivity (Wildman–Crippen MR) is 62.0 cm³/mol. The van der Waals surface area contributed by atoms with E-state index in [0.717, 1.165) is 6.42 Å². The maximum Gasteiger partial charge on any atom is -0.147 e. The molecule has 0 aliphatic heterocycles. The van der Waals surface area contributed by atoms with Gasteiger partial charge in [0, 0.05) is 0 Å². The topological polar surface area (TPSA) is 0 Å². The summed E-state index contributed by atoms with van der Waals surface area (Å²) in [4.78, 5) is 0. The van der Waals surface area contributed by atoms with Crippen LogP contribution in [0.15, 0.2) is 22.0 Å². The third-order valence-electron chi connectivity index (χ3n) is 1.71. The monoisotopic (exact) mass is 280 g/mol. The van der Waals surface area contributed by atoms with Crippen molar-refractivity contribution in [1.29, 1.82) is 0 Å². The summed E-state index contributed by atoms with van der Waals surface area (Å²) >= 11 is 2.67. The van der Waals surface area contributed by atoms with E-state index in [-0.39, 0.29) is 37.2 Å². The molecule has 0 nitrogen and oxygen atoms in total. The van der Waals surface area contributed by atoms with Crippen molar-refractivity contribution in [1.82, 2.24) is 0 Å². The minimum absolute atomic E-state index is 0. The van der Waals surface area contributed by atoms with E-state index in [4.69, 9.17) is 0 Å². The quantitative estimate of drug-likeness (QED) is 0.628. The van der Waals surface area contributed by atoms with Gasteiger partial charge in [0.15, 0.2) is 0 Å². The number of hydrogen-bond donors (Lipinski definition) is 0. The van der Waals surface area contributed by atoms with Crippen molar-refractivity contribution in [3.63, 3.8) is 0 Å². The van der Waals surface area contributed by atoms with Crippen LogP contribution in [0.25, 0.3) is 0 Å². The summed E-state index contributed by atoms with van der Waals surface area (Å²) in [6.45, 7) is 6.77. The van der Waals surface area contributed by atoms with Gasteiger partial charge in [0.2, 0.25) is 0 Å². The Bertz CT molecular complexity index is 201. The molecule has 0 atom stereocenters. The minimum Gasteiger partial charge on any atom is -0.147 e. The van der Waals surface area contributed by atoms with Crippen LogP contribution in [0.5, 0.6) is 0 Å². The first-order valence-corrected chi connectivity index (χ1v) is 4.31. The first-order valence-electron chi connectivity index (χ1n) is 3.61. The normalized spacial score (nSPS) is 14.4. The standard InChI is InChI=1S/C9H13.3ClH.V/c1-9(2,3)8-6-4-5-7-8;;;;/h4,6H,5H2,1-3H3;3*1H;. The zero-order chi connectivity index (χ0) is 7.78. The summed E-state index contributed by atoms with van der Waals surface area (Å²) in [5.74, 6) is 0. The molecule has 0 spiro atoms. The molecular weight excluding hydrogens is 265 g/mol. The van der Waals surface area contributed by atoms with E-state index in [0.29, 0.717) is 5.41 Å². The molecule has 0 N–H and O–H groups in total. The van der Waals surface area contributed by atoms with E-state index in [1.807, 2.05) is 0 Å². The van der Waals surface area contributed by atoms with Gasteiger partial charge in [-0.3, -0.25) is 0 Å². The Morgan fingerprint density at radius 3 is 1.77 bits per heavy atom. The molecule has 0 heterocycles. The summed E-state index contributed by atoms with van der Waals surface area (Å²) < 4.78 is 1.47. The van der Waals surface area contributed by atoms with Crippen LogP contribution >= 0.6 is 37.2 Å².